The molecular formula is C35H22F4N3+3. The van der Waals surface area contributed by atoms with Gasteiger partial charge in [0.15, 0.2) is 18.6 Å². The van der Waals surface area contributed by atoms with Crippen LogP contribution in [0.5, 0.6) is 0 Å². The second-order valence-corrected chi connectivity index (χ2v) is 10.5. The van der Waals surface area contributed by atoms with E-state index in [1.165, 1.54) is 12.1 Å². The molecule has 9 rings (SSSR count). The maximum Gasteiger partial charge on any atom is 0.381 e. The Morgan fingerprint density at radius 1 is 0.452 bits per heavy atom. The lowest BCUT2D eigenvalue weighted by atomic mass is 9.85. The summed E-state index contributed by atoms with van der Waals surface area (Å²) in [5.74, 6) is -3.09. The molecule has 0 saturated heterocycles. The number of hydrogen-bond donors (Lipinski definition) is 0. The fourth-order valence-corrected chi connectivity index (χ4v) is 6.69. The Kier molecular flexibility index (Phi) is 5.38. The van der Waals surface area contributed by atoms with Gasteiger partial charge in [-0.05, 0) is 42.5 Å². The number of rotatable bonds is 0. The molecule has 202 valence electrons. The molecule has 3 aliphatic rings. The Morgan fingerprint density at radius 2 is 0.929 bits per heavy atom. The molecule has 2 bridgehead atoms. The van der Waals surface area contributed by atoms with Gasteiger partial charge in [0.1, 0.15) is 28.8 Å². The Balaban J connectivity index is 1.71. The molecule has 0 radical (unpaired) electrons. The molecule has 3 aromatic carbocycles. The van der Waals surface area contributed by atoms with Crippen molar-refractivity contribution in [2.75, 3.05) is 0 Å². The monoisotopic (exact) mass is 560 g/mol. The van der Waals surface area contributed by atoms with E-state index in [1.807, 2.05) is 80.7 Å². The largest absolute Gasteiger partial charge is 0.381 e. The number of pyridine rings is 3. The van der Waals surface area contributed by atoms with Crippen molar-refractivity contribution in [1.29, 1.82) is 0 Å². The third-order valence-electron chi connectivity index (χ3n) is 8.26. The van der Waals surface area contributed by atoms with Gasteiger partial charge in [-0.25, -0.2) is 17.6 Å². The van der Waals surface area contributed by atoms with E-state index in [4.69, 9.17) is 0 Å². The molecule has 0 spiro atoms. The zero-order chi connectivity index (χ0) is 28.5. The van der Waals surface area contributed by atoms with Crippen LogP contribution in [0.25, 0.3) is 33.8 Å². The average Bonchev–Trinajstić information content (AvgIpc) is 2.98. The van der Waals surface area contributed by atoms with Gasteiger partial charge in [-0.2, -0.15) is 4.57 Å². The smallest absolute Gasteiger partial charge is 0.207 e. The minimum atomic E-state index is -1.01. The van der Waals surface area contributed by atoms with E-state index in [0.29, 0.717) is 11.4 Å². The van der Waals surface area contributed by atoms with Crippen molar-refractivity contribution in [3.05, 3.63) is 162 Å². The van der Waals surface area contributed by atoms with E-state index in [9.17, 15) is 0 Å². The molecule has 7 heteroatoms. The van der Waals surface area contributed by atoms with Crippen LogP contribution >= 0.6 is 0 Å². The summed E-state index contributed by atoms with van der Waals surface area (Å²) in [7, 11) is 0. The summed E-state index contributed by atoms with van der Waals surface area (Å²) in [5, 5.41) is 0. The lowest BCUT2D eigenvalue weighted by Crippen LogP contribution is -2.60. The van der Waals surface area contributed by atoms with E-state index in [1.54, 1.807) is 30.5 Å². The summed E-state index contributed by atoms with van der Waals surface area (Å²) in [6, 6.07) is 27.7. The van der Waals surface area contributed by atoms with Crippen LogP contribution in [0.1, 0.15) is 28.9 Å². The third-order valence-corrected chi connectivity index (χ3v) is 8.26. The summed E-state index contributed by atoms with van der Waals surface area (Å²) in [5.41, 5.74) is 4.29. The lowest BCUT2D eigenvalue weighted by molar-refractivity contribution is -0.924. The van der Waals surface area contributed by atoms with Gasteiger partial charge in [-0.3, -0.25) is 0 Å². The molecule has 3 nitrogen and oxygen atoms in total. The maximum absolute atomic E-state index is 16.2. The predicted molar refractivity (Wildman–Crippen MR) is 147 cm³/mol. The molecule has 3 aliphatic heterocycles. The first-order chi connectivity index (χ1) is 20.5. The summed E-state index contributed by atoms with van der Waals surface area (Å²) >= 11 is 0. The van der Waals surface area contributed by atoms with Crippen LogP contribution in [0.3, 0.4) is 0 Å². The fraction of sp³-hybridized carbons (Fsp3) is 0.0571. The van der Waals surface area contributed by atoms with Gasteiger partial charge in [0.2, 0.25) is 23.1 Å². The third kappa shape index (κ3) is 3.49. The second kappa shape index (κ2) is 9.17. The van der Waals surface area contributed by atoms with Crippen molar-refractivity contribution in [2.24, 2.45) is 0 Å². The van der Waals surface area contributed by atoms with Crippen molar-refractivity contribution < 1.29 is 31.3 Å². The molecule has 6 heterocycles. The van der Waals surface area contributed by atoms with Gasteiger partial charge in [-0.1, -0.05) is 12.1 Å². The van der Waals surface area contributed by atoms with Crippen LogP contribution in [0.2, 0.25) is 0 Å². The molecule has 42 heavy (non-hydrogen) atoms. The standard InChI is InChI=1S/C35H22F4N3/c36-21-17-25-32(27(38)19-21)30-12-4-7-15-41(30)35-24-10-2-1-9-23(24)29-11-3-6-14-40(29)34(25)26-18-22(37)20-28(39)33(26)31-13-5-8-16-42(31)35/h1-20,34-35H/q+3. The lowest BCUT2D eigenvalue weighted by Gasteiger charge is -2.26. The molecule has 0 fully saturated rings. The highest BCUT2D eigenvalue weighted by atomic mass is 19.1. The van der Waals surface area contributed by atoms with Crippen LogP contribution in [0.4, 0.5) is 17.6 Å². The minimum Gasteiger partial charge on any atom is -0.207 e. The van der Waals surface area contributed by atoms with Crippen molar-refractivity contribution in [2.45, 2.75) is 12.2 Å². The highest BCUT2D eigenvalue weighted by Crippen LogP contribution is 2.42. The van der Waals surface area contributed by atoms with Crippen LogP contribution in [-0.4, -0.2) is 0 Å². The zero-order valence-corrected chi connectivity index (χ0v) is 22.1. The normalized spacial score (nSPS) is 16.1. The molecule has 6 aromatic rings. The summed E-state index contributed by atoms with van der Waals surface area (Å²) in [6.07, 6.45) is 4.87. The first-order valence-electron chi connectivity index (χ1n) is 13.6. The summed E-state index contributed by atoms with van der Waals surface area (Å²) in [6.45, 7) is 0. The molecule has 0 saturated carbocycles. The molecule has 0 unspecified atom stereocenters. The van der Waals surface area contributed by atoms with Gasteiger partial charge < -0.3 is 0 Å². The maximum atomic E-state index is 16.2. The highest BCUT2D eigenvalue weighted by molar-refractivity contribution is 5.70. The van der Waals surface area contributed by atoms with Gasteiger partial charge in [0.05, 0.1) is 16.7 Å². The van der Waals surface area contributed by atoms with Crippen LogP contribution in [0.15, 0.2) is 122 Å². The Bertz CT molecular complexity index is 1970. The number of aromatic nitrogens is 3. The summed E-state index contributed by atoms with van der Waals surface area (Å²) < 4.78 is 68.6. The average molecular weight is 561 g/mol. The number of halogens is 4. The van der Waals surface area contributed by atoms with E-state index in [0.717, 1.165) is 29.0 Å². The quantitative estimate of drug-likeness (QED) is 0.149. The SMILES string of the molecule is Fc1cc(F)c2c(c1)C1c3cc(F)cc(F)c3-c3cccc[n+]3C(c3ccccc3-c3cccc[n+]31)[n+]1ccccc1-2. The van der Waals surface area contributed by atoms with E-state index < -0.39 is 35.5 Å². The zero-order valence-electron chi connectivity index (χ0n) is 22.1. The number of nitrogens with zero attached hydrogens (tertiary/aromatic N) is 3. The second-order valence-electron chi connectivity index (χ2n) is 10.5. The van der Waals surface area contributed by atoms with Crippen molar-refractivity contribution in [1.82, 2.24) is 0 Å². The number of hydrogen-bond acceptors (Lipinski definition) is 0. The molecule has 0 N–H and O–H groups in total. The predicted octanol–water partition coefficient (Wildman–Crippen LogP) is 6.47. The van der Waals surface area contributed by atoms with E-state index >= 15 is 17.6 Å². The molecule has 0 aliphatic carbocycles. The fourth-order valence-electron chi connectivity index (χ4n) is 6.69. The van der Waals surface area contributed by atoms with Gasteiger partial charge in [-0.15, -0.1) is 9.13 Å². The van der Waals surface area contributed by atoms with E-state index in [-0.39, 0.29) is 22.3 Å². The molecule has 3 aromatic heterocycles. The van der Waals surface area contributed by atoms with E-state index in [2.05, 4.69) is 0 Å². The number of benzene rings is 3. The van der Waals surface area contributed by atoms with Crippen molar-refractivity contribution in [3.63, 3.8) is 0 Å². The topological polar surface area (TPSA) is 11.6 Å². The Hall–Kier alpha value is -5.17. The first kappa shape index (κ1) is 24.6. The van der Waals surface area contributed by atoms with Crippen molar-refractivity contribution in [3.8, 4) is 33.8 Å². The molecule has 0 amide bonds. The molecule has 0 atom stereocenters. The van der Waals surface area contributed by atoms with Gasteiger partial charge in [0.25, 0.3) is 0 Å². The highest BCUT2D eigenvalue weighted by Gasteiger charge is 2.47. The van der Waals surface area contributed by atoms with Gasteiger partial charge in [0, 0.05) is 59.7 Å². The summed E-state index contributed by atoms with van der Waals surface area (Å²) in [4.78, 5) is 0. The molecular weight excluding hydrogens is 538 g/mol. The van der Waals surface area contributed by atoms with Crippen molar-refractivity contribution >= 4 is 0 Å². The Morgan fingerprint density at radius 3 is 1.50 bits per heavy atom. The van der Waals surface area contributed by atoms with Crippen LogP contribution < -0.4 is 13.7 Å². The first-order valence-corrected chi connectivity index (χ1v) is 13.6. The van der Waals surface area contributed by atoms with Gasteiger partial charge >= 0.3 is 6.17 Å². The Labute approximate surface area is 238 Å². The van der Waals surface area contributed by atoms with Crippen LogP contribution in [0, 0.1) is 23.3 Å². The van der Waals surface area contributed by atoms with Crippen LogP contribution in [-0.2, 0) is 0 Å². The minimum absolute atomic E-state index is 0.157.